The van der Waals surface area contributed by atoms with Crippen LogP contribution in [0.3, 0.4) is 0 Å². The number of rotatable bonds is 4. The molecule has 0 bridgehead atoms. The first-order valence-electron chi connectivity index (χ1n) is 5.94. The molecule has 0 aromatic heterocycles. The van der Waals surface area contributed by atoms with Gasteiger partial charge >= 0.3 is 0 Å². The molecule has 1 aliphatic heterocycles. The Balaban J connectivity index is 1.82. The molecule has 4 nitrogen and oxygen atoms in total. The predicted octanol–water partition coefficient (Wildman–Crippen LogP) is 1.79. The van der Waals surface area contributed by atoms with Crippen molar-refractivity contribution < 1.29 is 14.4 Å². The van der Waals surface area contributed by atoms with Gasteiger partial charge in [0.05, 0.1) is 13.2 Å². The van der Waals surface area contributed by atoms with Gasteiger partial charge in [0.1, 0.15) is 5.75 Å². The monoisotopic (exact) mass is 235 g/mol. The Bertz CT molecular complexity index is 369. The van der Waals surface area contributed by atoms with Crippen molar-refractivity contribution in [1.29, 1.82) is 0 Å². The number of nitrogens with zero attached hydrogens (tertiary/aromatic N) is 1. The summed E-state index contributed by atoms with van der Waals surface area (Å²) in [5, 5.41) is 1.38. The molecule has 0 aliphatic carbocycles. The first kappa shape index (κ1) is 11.9. The Labute approximate surface area is 101 Å². The van der Waals surface area contributed by atoms with Crippen molar-refractivity contribution in [2.75, 3.05) is 19.8 Å². The molecular formula is C13H17NO3. The summed E-state index contributed by atoms with van der Waals surface area (Å²) >= 11 is 0. The fraction of sp³-hybridized carbons (Fsp3) is 0.462. The van der Waals surface area contributed by atoms with Crippen LogP contribution in [0.2, 0.25) is 0 Å². The summed E-state index contributed by atoms with van der Waals surface area (Å²) in [6.45, 7) is 3.42. The van der Waals surface area contributed by atoms with E-state index in [1.165, 1.54) is 10.6 Å². The van der Waals surface area contributed by atoms with E-state index in [2.05, 4.69) is 6.92 Å². The second kappa shape index (κ2) is 5.68. The zero-order valence-corrected chi connectivity index (χ0v) is 10.0. The third-order valence-corrected chi connectivity index (χ3v) is 2.72. The molecule has 0 radical (unpaired) electrons. The molecule has 1 aliphatic rings. The molecule has 1 aromatic rings. The number of carbonyl (C=O) groups is 1. The van der Waals surface area contributed by atoms with E-state index >= 15 is 0 Å². The highest BCUT2D eigenvalue weighted by Gasteiger charge is 2.19. The van der Waals surface area contributed by atoms with Gasteiger partial charge in [-0.15, -0.1) is 0 Å². The van der Waals surface area contributed by atoms with Gasteiger partial charge in [0, 0.05) is 0 Å². The Morgan fingerprint density at radius 3 is 2.76 bits per heavy atom. The van der Waals surface area contributed by atoms with E-state index in [9.17, 15) is 4.79 Å². The van der Waals surface area contributed by atoms with E-state index in [-0.39, 0.29) is 12.5 Å². The van der Waals surface area contributed by atoms with Gasteiger partial charge in [0.25, 0.3) is 5.91 Å². The number of amides is 1. The lowest BCUT2D eigenvalue weighted by Gasteiger charge is -2.14. The van der Waals surface area contributed by atoms with Crippen molar-refractivity contribution in [2.24, 2.45) is 0 Å². The number of aryl methyl sites for hydroxylation is 1. The van der Waals surface area contributed by atoms with Gasteiger partial charge in [-0.3, -0.25) is 9.63 Å². The molecular weight excluding hydrogens is 218 g/mol. The number of hydrogen-bond donors (Lipinski definition) is 0. The topological polar surface area (TPSA) is 38.8 Å². The number of carbonyl (C=O) groups excluding carboxylic acids is 1. The molecule has 17 heavy (non-hydrogen) atoms. The summed E-state index contributed by atoms with van der Waals surface area (Å²) in [6.07, 6.45) is 1.90. The van der Waals surface area contributed by atoms with E-state index < -0.39 is 0 Å². The molecule has 92 valence electrons. The first-order chi connectivity index (χ1) is 8.29. The van der Waals surface area contributed by atoms with E-state index in [0.717, 1.165) is 18.6 Å². The summed E-state index contributed by atoms with van der Waals surface area (Å²) in [6, 6.07) is 7.78. The zero-order valence-electron chi connectivity index (χ0n) is 10.0. The summed E-state index contributed by atoms with van der Waals surface area (Å²) in [4.78, 5) is 16.8. The van der Waals surface area contributed by atoms with Gasteiger partial charge in [-0.1, -0.05) is 19.1 Å². The van der Waals surface area contributed by atoms with Crippen molar-refractivity contribution >= 4 is 5.91 Å². The maximum atomic E-state index is 11.6. The smallest absolute Gasteiger partial charge is 0.283 e. The van der Waals surface area contributed by atoms with Gasteiger partial charge in [-0.25, -0.2) is 5.06 Å². The molecule has 2 rings (SSSR count). The molecule has 1 aromatic carbocycles. The van der Waals surface area contributed by atoms with Gasteiger partial charge in [0.15, 0.2) is 6.61 Å². The van der Waals surface area contributed by atoms with E-state index in [1.807, 2.05) is 24.3 Å². The van der Waals surface area contributed by atoms with E-state index in [1.54, 1.807) is 0 Å². The zero-order chi connectivity index (χ0) is 12.1. The Hall–Kier alpha value is -1.55. The van der Waals surface area contributed by atoms with Crippen LogP contribution in [-0.2, 0) is 16.1 Å². The van der Waals surface area contributed by atoms with Gasteiger partial charge in [0.2, 0.25) is 0 Å². The van der Waals surface area contributed by atoms with Crippen LogP contribution in [0.5, 0.6) is 5.75 Å². The number of hydrogen-bond acceptors (Lipinski definition) is 3. The molecule has 0 N–H and O–H groups in total. The molecule has 0 saturated carbocycles. The minimum atomic E-state index is -0.123. The average Bonchev–Trinajstić information content (AvgIpc) is 2.90. The lowest BCUT2D eigenvalue weighted by atomic mass is 10.2. The highest BCUT2D eigenvalue weighted by molar-refractivity contribution is 5.76. The third-order valence-electron chi connectivity index (χ3n) is 2.72. The lowest BCUT2D eigenvalue weighted by Crippen LogP contribution is -2.31. The second-order valence-electron chi connectivity index (χ2n) is 3.97. The highest BCUT2D eigenvalue weighted by atomic mass is 16.7. The van der Waals surface area contributed by atoms with Crippen molar-refractivity contribution in [3.8, 4) is 5.75 Å². The van der Waals surface area contributed by atoms with Gasteiger partial charge in [-0.05, 0) is 30.5 Å². The largest absolute Gasteiger partial charge is 0.484 e. The summed E-state index contributed by atoms with van der Waals surface area (Å²) in [7, 11) is 0. The Kier molecular flexibility index (Phi) is 3.98. The SMILES string of the molecule is CCc1ccc(OCC(=O)N2CCCO2)cc1. The van der Waals surface area contributed by atoms with Crippen LogP contribution < -0.4 is 4.74 Å². The number of hydroxylamine groups is 2. The summed E-state index contributed by atoms with van der Waals surface area (Å²) in [5.74, 6) is 0.594. The van der Waals surface area contributed by atoms with Crippen LogP contribution in [0.15, 0.2) is 24.3 Å². The van der Waals surface area contributed by atoms with Crippen LogP contribution in [0, 0.1) is 0 Å². The predicted molar refractivity (Wildman–Crippen MR) is 63.6 cm³/mol. The minimum Gasteiger partial charge on any atom is -0.484 e. The van der Waals surface area contributed by atoms with Crippen molar-refractivity contribution in [3.63, 3.8) is 0 Å². The van der Waals surface area contributed by atoms with Crippen molar-refractivity contribution in [2.45, 2.75) is 19.8 Å². The number of ether oxygens (including phenoxy) is 1. The fourth-order valence-corrected chi connectivity index (χ4v) is 1.68. The molecule has 1 heterocycles. The normalized spacial score (nSPS) is 15.0. The van der Waals surface area contributed by atoms with E-state index in [0.29, 0.717) is 13.2 Å². The van der Waals surface area contributed by atoms with Crippen LogP contribution >= 0.6 is 0 Å². The van der Waals surface area contributed by atoms with Crippen LogP contribution in [0.1, 0.15) is 18.9 Å². The van der Waals surface area contributed by atoms with Crippen molar-refractivity contribution in [1.82, 2.24) is 5.06 Å². The van der Waals surface area contributed by atoms with E-state index in [4.69, 9.17) is 9.57 Å². The molecule has 1 fully saturated rings. The van der Waals surface area contributed by atoms with Gasteiger partial charge < -0.3 is 4.74 Å². The Morgan fingerprint density at radius 2 is 2.18 bits per heavy atom. The molecule has 0 spiro atoms. The van der Waals surface area contributed by atoms with Gasteiger partial charge in [-0.2, -0.15) is 0 Å². The standard InChI is InChI=1S/C13H17NO3/c1-2-11-4-6-12(7-5-11)16-10-13(15)14-8-3-9-17-14/h4-7H,2-3,8-10H2,1H3. The Morgan fingerprint density at radius 1 is 1.41 bits per heavy atom. The lowest BCUT2D eigenvalue weighted by molar-refractivity contribution is -0.170. The van der Waals surface area contributed by atoms with Crippen LogP contribution in [0.4, 0.5) is 0 Å². The number of benzene rings is 1. The summed E-state index contributed by atoms with van der Waals surface area (Å²) in [5.41, 5.74) is 1.26. The molecule has 1 saturated heterocycles. The molecule has 0 atom stereocenters. The highest BCUT2D eigenvalue weighted by Crippen LogP contribution is 2.13. The second-order valence-corrected chi connectivity index (χ2v) is 3.97. The third kappa shape index (κ3) is 3.20. The maximum absolute atomic E-state index is 11.6. The summed E-state index contributed by atoms with van der Waals surface area (Å²) < 4.78 is 5.41. The van der Waals surface area contributed by atoms with Crippen LogP contribution in [0.25, 0.3) is 0 Å². The molecule has 4 heteroatoms. The molecule has 0 unspecified atom stereocenters. The van der Waals surface area contributed by atoms with Crippen LogP contribution in [-0.4, -0.2) is 30.7 Å². The maximum Gasteiger partial charge on any atom is 0.283 e. The minimum absolute atomic E-state index is 0.0332. The van der Waals surface area contributed by atoms with Crippen molar-refractivity contribution in [3.05, 3.63) is 29.8 Å². The quantitative estimate of drug-likeness (QED) is 0.798. The average molecular weight is 235 g/mol. The first-order valence-corrected chi connectivity index (χ1v) is 5.94. The molecule has 1 amide bonds. The fourth-order valence-electron chi connectivity index (χ4n) is 1.68.